The van der Waals surface area contributed by atoms with Gasteiger partial charge in [0.25, 0.3) is 5.91 Å². The lowest BCUT2D eigenvalue weighted by atomic mass is 9.66. The number of likely N-dealkylation sites (tertiary alicyclic amines) is 1. The molecule has 3 fully saturated rings. The van der Waals surface area contributed by atoms with Crippen molar-refractivity contribution in [1.29, 1.82) is 0 Å². The molecule has 3 aliphatic rings. The second-order valence-electron chi connectivity index (χ2n) is 10.1. The van der Waals surface area contributed by atoms with Crippen LogP contribution in [0.4, 0.5) is 0 Å². The Morgan fingerprint density at radius 2 is 2.03 bits per heavy atom. The Labute approximate surface area is 189 Å². The number of amides is 2. The maximum atomic E-state index is 13.6. The summed E-state index contributed by atoms with van der Waals surface area (Å²) in [6.45, 7) is 3.50. The third-order valence-corrected chi connectivity index (χ3v) is 7.66. The molecule has 2 amide bonds. The Hall–Kier alpha value is -2.63. The number of hydrogen-bond donors (Lipinski definition) is 1. The van der Waals surface area contributed by atoms with E-state index < -0.39 is 0 Å². The molecule has 1 aliphatic heterocycles. The molecule has 6 heteroatoms. The van der Waals surface area contributed by atoms with Crippen LogP contribution >= 0.6 is 0 Å². The fourth-order valence-corrected chi connectivity index (χ4v) is 5.78. The lowest BCUT2D eigenvalue weighted by Crippen LogP contribution is -2.35. The van der Waals surface area contributed by atoms with Gasteiger partial charge in [-0.1, -0.05) is 43.0 Å². The molecule has 2 aliphatic carbocycles. The van der Waals surface area contributed by atoms with Gasteiger partial charge in [-0.25, -0.2) is 4.98 Å². The molecule has 1 atom stereocenters. The number of benzene rings is 1. The standard InChI is InChI=1S/C26H33N3O3/c1-18-6-5-7-19(14-18)24-23(27-17-32-24)25(31)29-15-20(8-11-22(30)28-21-9-10-21)26(16-29)12-3-2-4-13-26/h5-7,14,17,20-21H,2-4,8-13,15-16H2,1H3,(H,28,30). The van der Waals surface area contributed by atoms with Crippen LogP contribution in [0, 0.1) is 18.3 Å². The molecule has 170 valence electrons. The van der Waals surface area contributed by atoms with E-state index in [4.69, 9.17) is 4.42 Å². The van der Waals surface area contributed by atoms with Gasteiger partial charge in [0.15, 0.2) is 17.8 Å². The van der Waals surface area contributed by atoms with Crippen molar-refractivity contribution in [3.05, 3.63) is 41.9 Å². The van der Waals surface area contributed by atoms with E-state index in [-0.39, 0.29) is 17.2 Å². The van der Waals surface area contributed by atoms with Crippen LogP contribution in [0.1, 0.15) is 73.8 Å². The molecular weight excluding hydrogens is 402 g/mol. The molecule has 1 saturated heterocycles. The zero-order chi connectivity index (χ0) is 22.1. The first-order valence-corrected chi connectivity index (χ1v) is 12.1. The van der Waals surface area contributed by atoms with Gasteiger partial charge in [0.1, 0.15) is 0 Å². The lowest BCUT2D eigenvalue weighted by molar-refractivity contribution is -0.121. The van der Waals surface area contributed by atoms with Crippen LogP contribution in [0.5, 0.6) is 0 Å². The number of carbonyl (C=O) groups excluding carboxylic acids is 2. The van der Waals surface area contributed by atoms with E-state index in [1.54, 1.807) is 0 Å². The second-order valence-corrected chi connectivity index (χ2v) is 10.1. The second kappa shape index (κ2) is 8.72. The van der Waals surface area contributed by atoms with Crippen molar-refractivity contribution in [2.75, 3.05) is 13.1 Å². The third kappa shape index (κ3) is 4.32. The summed E-state index contributed by atoms with van der Waals surface area (Å²) >= 11 is 0. The number of aryl methyl sites for hydroxylation is 1. The third-order valence-electron chi connectivity index (χ3n) is 7.66. The van der Waals surface area contributed by atoms with Crippen LogP contribution in [0.3, 0.4) is 0 Å². The summed E-state index contributed by atoms with van der Waals surface area (Å²) in [6.07, 6.45) is 11.0. The van der Waals surface area contributed by atoms with Crippen molar-refractivity contribution in [3.63, 3.8) is 0 Å². The van der Waals surface area contributed by atoms with Crippen LogP contribution in [0.15, 0.2) is 35.1 Å². The highest BCUT2D eigenvalue weighted by Crippen LogP contribution is 2.49. The van der Waals surface area contributed by atoms with Crippen LogP contribution in [-0.4, -0.2) is 40.8 Å². The Balaban J connectivity index is 1.33. The molecule has 0 bridgehead atoms. The highest BCUT2D eigenvalue weighted by molar-refractivity contribution is 5.97. The van der Waals surface area contributed by atoms with Crippen molar-refractivity contribution in [2.45, 2.75) is 70.8 Å². The van der Waals surface area contributed by atoms with E-state index in [2.05, 4.69) is 10.3 Å². The minimum Gasteiger partial charge on any atom is -0.443 e. The number of nitrogens with zero attached hydrogens (tertiary/aromatic N) is 2. The van der Waals surface area contributed by atoms with Gasteiger partial charge in [0.2, 0.25) is 5.91 Å². The number of carbonyl (C=O) groups is 2. The summed E-state index contributed by atoms with van der Waals surface area (Å²) in [6, 6.07) is 8.37. The summed E-state index contributed by atoms with van der Waals surface area (Å²) in [7, 11) is 0. The zero-order valence-corrected chi connectivity index (χ0v) is 18.9. The maximum absolute atomic E-state index is 13.6. The molecule has 2 heterocycles. The fourth-order valence-electron chi connectivity index (χ4n) is 5.78. The summed E-state index contributed by atoms with van der Waals surface area (Å²) in [4.78, 5) is 32.2. The van der Waals surface area contributed by atoms with E-state index in [9.17, 15) is 9.59 Å². The summed E-state index contributed by atoms with van der Waals surface area (Å²) < 4.78 is 5.66. The van der Waals surface area contributed by atoms with Crippen molar-refractivity contribution in [2.24, 2.45) is 11.3 Å². The normalized spacial score (nSPS) is 22.3. The summed E-state index contributed by atoms with van der Waals surface area (Å²) in [5.41, 5.74) is 2.53. The van der Waals surface area contributed by atoms with E-state index in [1.165, 1.54) is 25.7 Å². The first-order valence-electron chi connectivity index (χ1n) is 12.1. The Kier molecular flexibility index (Phi) is 5.78. The molecule has 1 aromatic carbocycles. The smallest absolute Gasteiger partial charge is 0.276 e. The SMILES string of the molecule is Cc1cccc(-c2ocnc2C(=O)N2CC(CCC(=O)NC3CC3)C3(CCCCC3)C2)c1. The maximum Gasteiger partial charge on any atom is 0.276 e. The Morgan fingerprint density at radius 3 is 2.78 bits per heavy atom. The molecule has 1 unspecified atom stereocenters. The Morgan fingerprint density at radius 1 is 1.22 bits per heavy atom. The van der Waals surface area contributed by atoms with Gasteiger partial charge < -0.3 is 14.6 Å². The molecular formula is C26H33N3O3. The Bertz CT molecular complexity index is 988. The van der Waals surface area contributed by atoms with Crippen molar-refractivity contribution in [3.8, 4) is 11.3 Å². The summed E-state index contributed by atoms with van der Waals surface area (Å²) in [5.74, 6) is 1.03. The van der Waals surface area contributed by atoms with Crippen LogP contribution in [0.25, 0.3) is 11.3 Å². The molecule has 32 heavy (non-hydrogen) atoms. The minimum absolute atomic E-state index is 0.0508. The average molecular weight is 436 g/mol. The van der Waals surface area contributed by atoms with Gasteiger partial charge in [-0.15, -0.1) is 0 Å². The van der Waals surface area contributed by atoms with Crippen molar-refractivity contribution in [1.82, 2.24) is 15.2 Å². The molecule has 1 spiro atoms. The first kappa shape index (κ1) is 21.2. The predicted octanol–water partition coefficient (Wildman–Crippen LogP) is 4.73. The first-order chi connectivity index (χ1) is 15.5. The fraction of sp³-hybridized carbons (Fsp3) is 0.577. The molecule has 0 radical (unpaired) electrons. The quantitative estimate of drug-likeness (QED) is 0.712. The minimum atomic E-state index is -0.0508. The number of hydrogen-bond acceptors (Lipinski definition) is 4. The zero-order valence-electron chi connectivity index (χ0n) is 18.9. The predicted molar refractivity (Wildman–Crippen MR) is 122 cm³/mol. The van der Waals surface area contributed by atoms with Gasteiger partial charge in [0.05, 0.1) is 0 Å². The van der Waals surface area contributed by atoms with Gasteiger partial charge in [-0.05, 0) is 56.4 Å². The number of nitrogens with one attached hydrogen (secondary N) is 1. The van der Waals surface area contributed by atoms with Gasteiger partial charge in [-0.2, -0.15) is 0 Å². The van der Waals surface area contributed by atoms with E-state index in [1.807, 2.05) is 36.1 Å². The average Bonchev–Trinajstić information content (AvgIpc) is 3.34. The number of aromatic nitrogens is 1. The molecule has 6 nitrogen and oxygen atoms in total. The molecule has 5 rings (SSSR count). The molecule has 2 aromatic rings. The highest BCUT2D eigenvalue weighted by Gasteiger charge is 2.48. The summed E-state index contributed by atoms with van der Waals surface area (Å²) in [5, 5.41) is 3.11. The molecule has 1 aromatic heterocycles. The topological polar surface area (TPSA) is 75.4 Å². The molecule has 1 N–H and O–H groups in total. The van der Waals surface area contributed by atoms with E-state index >= 15 is 0 Å². The van der Waals surface area contributed by atoms with Crippen LogP contribution in [0.2, 0.25) is 0 Å². The number of oxazole rings is 1. The van der Waals surface area contributed by atoms with Gasteiger partial charge in [-0.3, -0.25) is 9.59 Å². The molecule has 2 saturated carbocycles. The van der Waals surface area contributed by atoms with E-state index in [0.29, 0.717) is 36.4 Å². The number of rotatable bonds is 6. The highest BCUT2D eigenvalue weighted by atomic mass is 16.3. The largest absolute Gasteiger partial charge is 0.443 e. The van der Waals surface area contributed by atoms with Crippen molar-refractivity contribution < 1.29 is 14.0 Å². The van der Waals surface area contributed by atoms with Gasteiger partial charge >= 0.3 is 0 Å². The van der Waals surface area contributed by atoms with Crippen LogP contribution in [-0.2, 0) is 4.79 Å². The van der Waals surface area contributed by atoms with Crippen molar-refractivity contribution >= 4 is 11.8 Å². The lowest BCUT2D eigenvalue weighted by Gasteiger charge is -2.38. The van der Waals surface area contributed by atoms with Gasteiger partial charge in [0, 0.05) is 31.1 Å². The monoisotopic (exact) mass is 435 g/mol. The van der Waals surface area contributed by atoms with E-state index in [0.717, 1.165) is 49.8 Å². The van der Waals surface area contributed by atoms with Crippen LogP contribution < -0.4 is 5.32 Å².